The smallest absolute Gasteiger partial charge is 0.309 e. The summed E-state index contributed by atoms with van der Waals surface area (Å²) in [5, 5.41) is 0. The molecule has 0 aromatic carbocycles. The monoisotopic (exact) mass is 238 g/mol. The molecule has 0 aliphatic heterocycles. The van der Waals surface area contributed by atoms with Gasteiger partial charge in [-0.3, -0.25) is 9.59 Å². The molecule has 0 amide bonds. The van der Waals surface area contributed by atoms with Gasteiger partial charge in [-0.1, -0.05) is 26.2 Å². The summed E-state index contributed by atoms with van der Waals surface area (Å²) >= 11 is 0. The van der Waals surface area contributed by atoms with E-state index in [0.29, 0.717) is 24.0 Å². The first kappa shape index (κ1) is 12.6. The van der Waals surface area contributed by atoms with Gasteiger partial charge in [0, 0.05) is 12.3 Å². The Morgan fingerprint density at radius 2 is 2.06 bits per heavy atom. The molecular formula is C14H22O3. The molecule has 4 atom stereocenters. The summed E-state index contributed by atoms with van der Waals surface area (Å²) in [7, 11) is 1.42. The maximum Gasteiger partial charge on any atom is 0.309 e. The summed E-state index contributed by atoms with van der Waals surface area (Å²) in [6, 6.07) is 0. The Labute approximate surface area is 103 Å². The second-order valence-electron chi connectivity index (χ2n) is 5.43. The van der Waals surface area contributed by atoms with E-state index in [4.69, 9.17) is 4.74 Å². The van der Waals surface area contributed by atoms with E-state index in [1.54, 1.807) is 0 Å². The SMILES string of the molecule is CC[C@@H]1[C@@H]2CCCC[C@H]2C(=O)C[C@H]1C(=O)OC. The van der Waals surface area contributed by atoms with Crippen LogP contribution >= 0.6 is 0 Å². The van der Waals surface area contributed by atoms with Crippen molar-refractivity contribution in [2.45, 2.75) is 45.4 Å². The maximum atomic E-state index is 12.1. The van der Waals surface area contributed by atoms with Gasteiger partial charge >= 0.3 is 5.97 Å². The minimum Gasteiger partial charge on any atom is -0.469 e. The number of rotatable bonds is 2. The topological polar surface area (TPSA) is 43.4 Å². The highest BCUT2D eigenvalue weighted by molar-refractivity contribution is 5.88. The standard InChI is InChI=1S/C14H22O3/c1-3-9-10-6-4-5-7-11(10)13(15)8-12(9)14(16)17-2/h9-12H,3-8H2,1-2H3/t9-,10+,11-,12-/m1/s1. The zero-order valence-corrected chi connectivity index (χ0v) is 10.8. The molecule has 0 bridgehead atoms. The van der Waals surface area contributed by atoms with Gasteiger partial charge in [-0.05, 0) is 24.7 Å². The molecule has 2 aliphatic carbocycles. The third-order valence-electron chi connectivity index (χ3n) is 4.70. The van der Waals surface area contributed by atoms with Gasteiger partial charge in [-0.15, -0.1) is 0 Å². The largest absolute Gasteiger partial charge is 0.469 e. The van der Waals surface area contributed by atoms with Gasteiger partial charge in [-0.25, -0.2) is 0 Å². The predicted molar refractivity (Wildman–Crippen MR) is 64.4 cm³/mol. The highest BCUT2D eigenvalue weighted by Crippen LogP contribution is 2.46. The van der Waals surface area contributed by atoms with E-state index in [0.717, 1.165) is 19.3 Å². The van der Waals surface area contributed by atoms with Crippen molar-refractivity contribution in [3.05, 3.63) is 0 Å². The van der Waals surface area contributed by atoms with Crippen molar-refractivity contribution < 1.29 is 14.3 Å². The summed E-state index contributed by atoms with van der Waals surface area (Å²) in [6.45, 7) is 2.13. The van der Waals surface area contributed by atoms with Crippen molar-refractivity contribution >= 4 is 11.8 Å². The van der Waals surface area contributed by atoms with Crippen molar-refractivity contribution in [1.82, 2.24) is 0 Å². The first-order valence-corrected chi connectivity index (χ1v) is 6.79. The predicted octanol–water partition coefficient (Wildman–Crippen LogP) is 2.58. The number of carbonyl (C=O) groups excluding carboxylic acids is 2. The van der Waals surface area contributed by atoms with Crippen LogP contribution in [0.2, 0.25) is 0 Å². The van der Waals surface area contributed by atoms with Crippen LogP contribution in [0.3, 0.4) is 0 Å². The Kier molecular flexibility index (Phi) is 3.85. The third-order valence-corrected chi connectivity index (χ3v) is 4.70. The van der Waals surface area contributed by atoms with Crippen LogP contribution in [-0.2, 0) is 14.3 Å². The molecule has 2 rings (SSSR count). The lowest BCUT2D eigenvalue weighted by Crippen LogP contribution is -2.45. The van der Waals surface area contributed by atoms with Crippen molar-refractivity contribution in [2.24, 2.45) is 23.7 Å². The molecule has 0 radical (unpaired) electrons. The van der Waals surface area contributed by atoms with Gasteiger partial charge in [0.2, 0.25) is 0 Å². The maximum absolute atomic E-state index is 12.1. The molecule has 17 heavy (non-hydrogen) atoms. The molecule has 0 saturated heterocycles. The second kappa shape index (κ2) is 5.19. The lowest BCUT2D eigenvalue weighted by molar-refractivity contribution is -0.156. The fourth-order valence-corrected chi connectivity index (χ4v) is 3.89. The highest BCUT2D eigenvalue weighted by atomic mass is 16.5. The lowest BCUT2D eigenvalue weighted by Gasteiger charge is -2.43. The summed E-state index contributed by atoms with van der Waals surface area (Å²) in [5.74, 6) is 0.944. The average Bonchev–Trinajstić information content (AvgIpc) is 2.38. The number of fused-ring (bicyclic) bond motifs is 1. The van der Waals surface area contributed by atoms with Gasteiger partial charge in [0.1, 0.15) is 5.78 Å². The van der Waals surface area contributed by atoms with E-state index in [2.05, 4.69) is 6.92 Å². The Morgan fingerprint density at radius 1 is 1.35 bits per heavy atom. The third kappa shape index (κ3) is 2.24. The lowest BCUT2D eigenvalue weighted by atomic mass is 9.60. The number of ketones is 1. The molecule has 3 nitrogen and oxygen atoms in total. The molecule has 2 aliphatic rings. The van der Waals surface area contributed by atoms with Crippen molar-refractivity contribution in [3.63, 3.8) is 0 Å². The highest BCUT2D eigenvalue weighted by Gasteiger charge is 2.46. The van der Waals surface area contributed by atoms with Crippen LogP contribution in [0.15, 0.2) is 0 Å². The van der Waals surface area contributed by atoms with E-state index in [9.17, 15) is 9.59 Å². The fraction of sp³-hybridized carbons (Fsp3) is 0.857. The van der Waals surface area contributed by atoms with Crippen molar-refractivity contribution in [2.75, 3.05) is 7.11 Å². The summed E-state index contributed by atoms with van der Waals surface area (Å²) in [6.07, 6.45) is 5.92. The van der Waals surface area contributed by atoms with Crippen LogP contribution in [0.4, 0.5) is 0 Å². The summed E-state index contributed by atoms with van der Waals surface area (Å²) < 4.78 is 4.86. The van der Waals surface area contributed by atoms with Crippen LogP contribution in [0.5, 0.6) is 0 Å². The van der Waals surface area contributed by atoms with Crippen LogP contribution in [0.1, 0.15) is 45.4 Å². The quantitative estimate of drug-likeness (QED) is 0.694. The van der Waals surface area contributed by atoms with Crippen molar-refractivity contribution in [3.8, 4) is 0 Å². The Morgan fingerprint density at radius 3 is 2.71 bits per heavy atom. The van der Waals surface area contributed by atoms with Gasteiger partial charge in [0.05, 0.1) is 13.0 Å². The number of carbonyl (C=O) groups is 2. The number of Topliss-reactive ketones (excluding diaryl/α,β-unsaturated/α-hetero) is 1. The second-order valence-corrected chi connectivity index (χ2v) is 5.43. The fourth-order valence-electron chi connectivity index (χ4n) is 3.89. The number of hydrogen-bond donors (Lipinski definition) is 0. The number of ether oxygens (including phenoxy) is 1. The molecular weight excluding hydrogens is 216 g/mol. The van der Waals surface area contributed by atoms with Crippen LogP contribution in [0.25, 0.3) is 0 Å². The van der Waals surface area contributed by atoms with Gasteiger partial charge in [0.15, 0.2) is 0 Å². The van der Waals surface area contributed by atoms with Gasteiger partial charge < -0.3 is 4.74 Å². The Hall–Kier alpha value is -0.860. The molecule has 0 N–H and O–H groups in total. The van der Waals surface area contributed by atoms with E-state index in [1.807, 2.05) is 0 Å². The molecule has 3 heteroatoms. The molecule has 0 heterocycles. The van der Waals surface area contributed by atoms with Crippen LogP contribution in [-0.4, -0.2) is 18.9 Å². The zero-order chi connectivity index (χ0) is 12.4. The number of esters is 1. The Bertz CT molecular complexity index is 311. The first-order valence-electron chi connectivity index (χ1n) is 6.79. The molecule has 2 fully saturated rings. The van der Waals surface area contributed by atoms with Gasteiger partial charge in [0.25, 0.3) is 0 Å². The molecule has 0 aromatic rings. The van der Waals surface area contributed by atoms with Crippen LogP contribution in [0, 0.1) is 23.7 Å². The van der Waals surface area contributed by atoms with Gasteiger partial charge in [-0.2, -0.15) is 0 Å². The van der Waals surface area contributed by atoms with Crippen molar-refractivity contribution in [1.29, 1.82) is 0 Å². The molecule has 0 unspecified atom stereocenters. The molecule has 0 aromatic heterocycles. The van der Waals surface area contributed by atoms with E-state index < -0.39 is 0 Å². The zero-order valence-electron chi connectivity index (χ0n) is 10.8. The normalized spacial score (nSPS) is 37.4. The molecule has 2 saturated carbocycles. The molecule has 0 spiro atoms. The average molecular weight is 238 g/mol. The molecule has 96 valence electrons. The van der Waals surface area contributed by atoms with E-state index >= 15 is 0 Å². The number of hydrogen-bond acceptors (Lipinski definition) is 3. The van der Waals surface area contributed by atoms with Crippen LogP contribution < -0.4 is 0 Å². The first-order chi connectivity index (χ1) is 8.19. The summed E-state index contributed by atoms with van der Waals surface area (Å²) in [5.41, 5.74) is 0. The van der Waals surface area contributed by atoms with E-state index in [-0.39, 0.29) is 17.8 Å². The number of methoxy groups -OCH3 is 1. The van der Waals surface area contributed by atoms with E-state index in [1.165, 1.54) is 20.0 Å². The minimum atomic E-state index is -0.186. The minimum absolute atomic E-state index is 0.183. The Balaban J connectivity index is 2.20. The summed E-state index contributed by atoms with van der Waals surface area (Å²) in [4.78, 5) is 23.9.